The number of aromatic nitrogens is 1. The molecule has 0 aliphatic carbocycles. The smallest absolute Gasteiger partial charge is 0.250 e. The highest BCUT2D eigenvalue weighted by Crippen LogP contribution is 2.12. The molecule has 21 heavy (non-hydrogen) atoms. The third-order valence-electron chi connectivity index (χ3n) is 3.18. The van der Waals surface area contributed by atoms with Gasteiger partial charge in [-0.25, -0.2) is 0 Å². The van der Waals surface area contributed by atoms with Crippen molar-refractivity contribution in [2.45, 2.75) is 26.4 Å². The minimum Gasteiger partial charge on any atom is -0.492 e. The number of hydrogen-bond donors (Lipinski definition) is 1. The quantitative estimate of drug-likeness (QED) is 0.758. The van der Waals surface area contributed by atoms with E-state index in [9.17, 15) is 4.79 Å². The Morgan fingerprint density at radius 1 is 1.14 bits per heavy atom. The van der Waals surface area contributed by atoms with E-state index in [0.717, 1.165) is 25.3 Å². The monoisotopic (exact) mass is 286 g/mol. The zero-order valence-electron chi connectivity index (χ0n) is 12.4. The van der Waals surface area contributed by atoms with Crippen molar-refractivity contribution in [3.05, 3.63) is 64.6 Å². The van der Waals surface area contributed by atoms with Crippen molar-refractivity contribution < 1.29 is 4.74 Å². The van der Waals surface area contributed by atoms with Crippen LogP contribution in [0.2, 0.25) is 0 Å². The second-order valence-electron chi connectivity index (χ2n) is 4.90. The SMILES string of the molecule is CCCNCc1ccc(OCCn2ccccc2=O)cc1. The number of pyridine rings is 1. The largest absolute Gasteiger partial charge is 0.492 e. The van der Waals surface area contributed by atoms with Crippen LogP contribution >= 0.6 is 0 Å². The summed E-state index contributed by atoms with van der Waals surface area (Å²) >= 11 is 0. The van der Waals surface area contributed by atoms with E-state index in [1.54, 1.807) is 22.9 Å². The molecular weight excluding hydrogens is 264 g/mol. The maximum Gasteiger partial charge on any atom is 0.250 e. The van der Waals surface area contributed by atoms with Crippen LogP contribution in [0.25, 0.3) is 0 Å². The molecule has 0 aliphatic rings. The zero-order valence-corrected chi connectivity index (χ0v) is 12.4. The van der Waals surface area contributed by atoms with E-state index in [0.29, 0.717) is 13.2 Å². The molecule has 1 heterocycles. The Morgan fingerprint density at radius 2 is 1.95 bits per heavy atom. The summed E-state index contributed by atoms with van der Waals surface area (Å²) in [6.07, 6.45) is 2.91. The van der Waals surface area contributed by atoms with Gasteiger partial charge in [0.1, 0.15) is 12.4 Å². The maximum atomic E-state index is 11.5. The van der Waals surface area contributed by atoms with Crippen LogP contribution in [-0.4, -0.2) is 17.7 Å². The molecule has 0 radical (unpaired) electrons. The molecule has 0 saturated heterocycles. The molecule has 0 unspecified atom stereocenters. The van der Waals surface area contributed by atoms with Crippen LogP contribution in [-0.2, 0) is 13.1 Å². The topological polar surface area (TPSA) is 43.3 Å². The van der Waals surface area contributed by atoms with Gasteiger partial charge in [0.25, 0.3) is 5.56 Å². The first-order chi connectivity index (χ1) is 10.3. The van der Waals surface area contributed by atoms with Crippen LogP contribution in [0.3, 0.4) is 0 Å². The number of hydrogen-bond acceptors (Lipinski definition) is 3. The molecule has 1 aromatic heterocycles. The van der Waals surface area contributed by atoms with Crippen LogP contribution in [0, 0.1) is 0 Å². The fourth-order valence-electron chi connectivity index (χ4n) is 2.02. The summed E-state index contributed by atoms with van der Waals surface area (Å²) in [5.74, 6) is 0.832. The molecule has 1 aromatic carbocycles. The Morgan fingerprint density at radius 3 is 2.67 bits per heavy atom. The Kier molecular flexibility index (Phi) is 6.03. The van der Waals surface area contributed by atoms with Gasteiger partial charge in [0.2, 0.25) is 0 Å². The van der Waals surface area contributed by atoms with Crippen LogP contribution in [0.5, 0.6) is 5.75 Å². The lowest BCUT2D eigenvalue weighted by molar-refractivity contribution is 0.296. The van der Waals surface area contributed by atoms with Crippen molar-refractivity contribution >= 4 is 0 Å². The van der Waals surface area contributed by atoms with Gasteiger partial charge >= 0.3 is 0 Å². The van der Waals surface area contributed by atoms with Gasteiger partial charge in [-0.05, 0) is 36.7 Å². The summed E-state index contributed by atoms with van der Waals surface area (Å²) < 4.78 is 7.31. The van der Waals surface area contributed by atoms with E-state index in [2.05, 4.69) is 24.4 Å². The molecule has 2 aromatic rings. The third kappa shape index (κ3) is 5.08. The molecule has 4 heteroatoms. The molecule has 0 fully saturated rings. The molecule has 1 N–H and O–H groups in total. The molecule has 0 aliphatic heterocycles. The first kappa shape index (κ1) is 15.3. The lowest BCUT2D eigenvalue weighted by Gasteiger charge is -2.09. The average Bonchev–Trinajstić information content (AvgIpc) is 2.51. The fourth-order valence-corrected chi connectivity index (χ4v) is 2.02. The van der Waals surface area contributed by atoms with Crippen LogP contribution in [0.15, 0.2) is 53.5 Å². The summed E-state index contributed by atoms with van der Waals surface area (Å²) in [6.45, 7) is 5.11. The van der Waals surface area contributed by atoms with E-state index in [1.165, 1.54) is 5.56 Å². The highest BCUT2D eigenvalue weighted by molar-refractivity contribution is 5.27. The van der Waals surface area contributed by atoms with E-state index in [4.69, 9.17) is 4.74 Å². The second-order valence-corrected chi connectivity index (χ2v) is 4.90. The number of ether oxygens (including phenoxy) is 1. The first-order valence-electron chi connectivity index (χ1n) is 7.37. The lowest BCUT2D eigenvalue weighted by atomic mass is 10.2. The predicted octanol–water partition coefficient (Wildman–Crippen LogP) is 2.43. The predicted molar refractivity (Wildman–Crippen MR) is 84.6 cm³/mol. The molecule has 0 amide bonds. The Labute approximate surface area is 125 Å². The van der Waals surface area contributed by atoms with Gasteiger partial charge in [-0.15, -0.1) is 0 Å². The second kappa shape index (κ2) is 8.27. The summed E-state index contributed by atoms with van der Waals surface area (Å²) in [5.41, 5.74) is 1.24. The average molecular weight is 286 g/mol. The molecular formula is C17H22N2O2. The van der Waals surface area contributed by atoms with Crippen LogP contribution in [0.4, 0.5) is 0 Å². The maximum absolute atomic E-state index is 11.5. The van der Waals surface area contributed by atoms with Crippen LogP contribution < -0.4 is 15.6 Å². The minimum absolute atomic E-state index is 0.00144. The Bertz CT molecular complexity index is 590. The number of nitrogens with zero attached hydrogens (tertiary/aromatic N) is 1. The zero-order chi connectivity index (χ0) is 14.9. The molecule has 112 valence electrons. The molecule has 4 nitrogen and oxygen atoms in total. The Hall–Kier alpha value is -2.07. The van der Waals surface area contributed by atoms with Gasteiger partial charge in [-0.3, -0.25) is 4.79 Å². The third-order valence-corrected chi connectivity index (χ3v) is 3.18. The first-order valence-corrected chi connectivity index (χ1v) is 7.37. The normalized spacial score (nSPS) is 10.5. The van der Waals surface area contributed by atoms with Gasteiger partial charge in [0.15, 0.2) is 0 Å². The highest BCUT2D eigenvalue weighted by atomic mass is 16.5. The van der Waals surface area contributed by atoms with Gasteiger partial charge in [-0.2, -0.15) is 0 Å². The molecule has 0 saturated carbocycles. The van der Waals surface area contributed by atoms with E-state index >= 15 is 0 Å². The summed E-state index contributed by atoms with van der Waals surface area (Å²) in [4.78, 5) is 11.5. The van der Waals surface area contributed by atoms with Gasteiger partial charge in [0, 0.05) is 18.8 Å². The van der Waals surface area contributed by atoms with Crippen molar-refractivity contribution in [2.75, 3.05) is 13.2 Å². The van der Waals surface area contributed by atoms with Crippen molar-refractivity contribution in [2.24, 2.45) is 0 Å². The van der Waals surface area contributed by atoms with Crippen molar-refractivity contribution in [1.29, 1.82) is 0 Å². The van der Waals surface area contributed by atoms with Crippen molar-refractivity contribution in [3.63, 3.8) is 0 Å². The summed E-state index contributed by atoms with van der Waals surface area (Å²) in [6, 6.07) is 13.2. The van der Waals surface area contributed by atoms with E-state index in [-0.39, 0.29) is 5.56 Å². The van der Waals surface area contributed by atoms with Crippen molar-refractivity contribution in [3.8, 4) is 5.75 Å². The van der Waals surface area contributed by atoms with Crippen molar-refractivity contribution in [1.82, 2.24) is 9.88 Å². The highest BCUT2D eigenvalue weighted by Gasteiger charge is 1.97. The summed E-state index contributed by atoms with van der Waals surface area (Å²) in [7, 11) is 0. The molecule has 0 bridgehead atoms. The van der Waals surface area contributed by atoms with Gasteiger partial charge in [0.05, 0.1) is 6.54 Å². The lowest BCUT2D eigenvalue weighted by Crippen LogP contribution is -2.21. The van der Waals surface area contributed by atoms with Gasteiger partial charge in [-0.1, -0.05) is 25.1 Å². The summed E-state index contributed by atoms with van der Waals surface area (Å²) in [5, 5.41) is 3.36. The van der Waals surface area contributed by atoms with Crippen LogP contribution in [0.1, 0.15) is 18.9 Å². The molecule has 0 spiro atoms. The number of rotatable bonds is 8. The number of nitrogens with one attached hydrogen (secondary N) is 1. The fraction of sp³-hybridized carbons (Fsp3) is 0.353. The minimum atomic E-state index is -0.00144. The standard InChI is InChI=1S/C17H22N2O2/c1-2-10-18-14-15-6-8-16(9-7-15)21-13-12-19-11-4-3-5-17(19)20/h3-9,11,18H,2,10,12-14H2,1H3. The van der Waals surface area contributed by atoms with E-state index in [1.807, 2.05) is 18.2 Å². The Balaban J connectivity index is 1.78. The molecule has 0 atom stereocenters. The number of benzene rings is 1. The van der Waals surface area contributed by atoms with Gasteiger partial charge < -0.3 is 14.6 Å². The molecule has 2 rings (SSSR count). The van der Waals surface area contributed by atoms with E-state index < -0.39 is 0 Å².